The highest BCUT2D eigenvalue weighted by Gasteiger charge is 2.36. The number of rotatable bonds is 2. The molecule has 3 saturated heterocycles. The summed E-state index contributed by atoms with van der Waals surface area (Å²) in [6, 6.07) is 0.182. The van der Waals surface area contributed by atoms with Crippen molar-refractivity contribution < 1.29 is 9.15 Å². The normalized spacial score (nSPS) is 29.8. The van der Waals surface area contributed by atoms with Crippen molar-refractivity contribution in [3.05, 3.63) is 5.82 Å². The highest BCUT2D eigenvalue weighted by Crippen LogP contribution is 2.29. The molecule has 0 radical (unpaired) electrons. The molecule has 100 valence electrons. The van der Waals surface area contributed by atoms with Crippen LogP contribution in [-0.2, 0) is 0 Å². The zero-order valence-corrected chi connectivity index (χ0v) is 10.2. The van der Waals surface area contributed by atoms with Crippen LogP contribution in [-0.4, -0.2) is 63.0 Å². The van der Waals surface area contributed by atoms with Crippen LogP contribution in [0.15, 0.2) is 9.15 Å². The highest BCUT2D eigenvalue weighted by atomic mass is 16.6. The molecular weight excluding hydrogens is 250 g/mol. The monoisotopic (exact) mass is 263 g/mol. The van der Waals surface area contributed by atoms with Crippen molar-refractivity contribution in [3.8, 4) is 11.6 Å². The van der Waals surface area contributed by atoms with Crippen LogP contribution in [0.4, 0.5) is 5.82 Å². The first-order valence-electron chi connectivity index (χ1n) is 6.19. The van der Waals surface area contributed by atoms with Gasteiger partial charge >= 0.3 is 0 Å². The summed E-state index contributed by atoms with van der Waals surface area (Å²) in [5, 5.41) is 11.2. The van der Waals surface area contributed by atoms with E-state index in [1.807, 2.05) is 0 Å². The fourth-order valence-corrected chi connectivity index (χ4v) is 2.67. The second-order valence-electron chi connectivity index (χ2n) is 4.81. The van der Waals surface area contributed by atoms with Gasteiger partial charge < -0.3 is 10.3 Å². The van der Waals surface area contributed by atoms with Crippen LogP contribution in [0, 0.1) is 0 Å². The third kappa shape index (κ3) is 1.70. The molecule has 3 fully saturated rings. The Morgan fingerprint density at radius 1 is 1.11 bits per heavy atom. The Bertz CT molecular complexity index is 586. The minimum atomic E-state index is 0.157. The lowest BCUT2D eigenvalue weighted by molar-refractivity contribution is 0.00781. The van der Waals surface area contributed by atoms with E-state index < -0.39 is 0 Å². The summed E-state index contributed by atoms with van der Waals surface area (Å²) in [7, 11) is 0. The number of hydrogen-bond donors (Lipinski definition) is 1. The lowest BCUT2D eigenvalue weighted by Crippen LogP contribution is -2.57. The van der Waals surface area contributed by atoms with Gasteiger partial charge in [-0.15, -0.1) is 0 Å². The molecule has 0 amide bonds. The largest absolute Gasteiger partial charge is 0.379 e. The molecule has 2 aromatic heterocycles. The fraction of sp³-hybridized carbons (Fsp3) is 0.600. The van der Waals surface area contributed by atoms with E-state index in [9.17, 15) is 0 Å². The number of nitrogens with two attached hydrogens (primary N) is 1. The SMILES string of the molecule is Nc1nonc1-c1nc(C2CN3CCN2CC3)no1. The Hall–Kier alpha value is -2.00. The molecule has 0 aliphatic carbocycles. The molecule has 5 rings (SSSR count). The summed E-state index contributed by atoms with van der Waals surface area (Å²) in [5.74, 6) is 1.08. The van der Waals surface area contributed by atoms with Crippen LogP contribution in [0.1, 0.15) is 11.9 Å². The van der Waals surface area contributed by atoms with Crippen molar-refractivity contribution >= 4 is 5.82 Å². The van der Waals surface area contributed by atoms with Crippen molar-refractivity contribution in [2.24, 2.45) is 0 Å². The molecule has 3 aliphatic heterocycles. The summed E-state index contributed by atoms with van der Waals surface area (Å²) in [5.41, 5.74) is 5.91. The molecule has 0 spiro atoms. The molecule has 0 aromatic carbocycles. The maximum atomic E-state index is 5.61. The minimum Gasteiger partial charge on any atom is -0.379 e. The second kappa shape index (κ2) is 4.00. The molecule has 9 nitrogen and oxygen atoms in total. The average molecular weight is 263 g/mol. The fourth-order valence-electron chi connectivity index (χ4n) is 2.67. The first-order valence-corrected chi connectivity index (χ1v) is 6.19. The van der Waals surface area contributed by atoms with Crippen LogP contribution in [0.5, 0.6) is 0 Å². The van der Waals surface area contributed by atoms with Gasteiger partial charge in [-0.1, -0.05) is 5.16 Å². The number of aromatic nitrogens is 4. The number of fused-ring (bicyclic) bond motifs is 3. The van der Waals surface area contributed by atoms with E-state index in [1.165, 1.54) is 0 Å². The summed E-state index contributed by atoms with van der Waals surface area (Å²) < 4.78 is 9.73. The summed E-state index contributed by atoms with van der Waals surface area (Å²) in [6.07, 6.45) is 0. The molecule has 2 N–H and O–H groups in total. The van der Waals surface area contributed by atoms with E-state index in [2.05, 4.69) is 34.9 Å². The van der Waals surface area contributed by atoms with Gasteiger partial charge in [0.2, 0.25) is 11.5 Å². The number of hydrogen-bond acceptors (Lipinski definition) is 9. The van der Waals surface area contributed by atoms with E-state index in [-0.39, 0.29) is 17.8 Å². The quantitative estimate of drug-likeness (QED) is 0.757. The van der Waals surface area contributed by atoms with E-state index in [1.54, 1.807) is 0 Å². The smallest absolute Gasteiger partial charge is 0.284 e. The molecular formula is C10H13N7O2. The molecule has 9 heteroatoms. The van der Waals surface area contributed by atoms with Crippen molar-refractivity contribution in [2.45, 2.75) is 6.04 Å². The molecule has 0 saturated carbocycles. The average Bonchev–Trinajstić information content (AvgIpc) is 3.08. The molecule has 1 unspecified atom stereocenters. The van der Waals surface area contributed by atoms with E-state index in [4.69, 9.17) is 10.3 Å². The molecule has 19 heavy (non-hydrogen) atoms. The predicted molar refractivity (Wildman–Crippen MR) is 62.8 cm³/mol. The van der Waals surface area contributed by atoms with Gasteiger partial charge in [0, 0.05) is 32.7 Å². The number of piperazine rings is 3. The summed E-state index contributed by atoms with van der Waals surface area (Å²) in [6.45, 7) is 5.25. The van der Waals surface area contributed by atoms with Gasteiger partial charge in [0.25, 0.3) is 5.89 Å². The Morgan fingerprint density at radius 2 is 1.95 bits per heavy atom. The van der Waals surface area contributed by atoms with Crippen molar-refractivity contribution in [3.63, 3.8) is 0 Å². The summed E-state index contributed by atoms with van der Waals surface area (Å²) >= 11 is 0. The lowest BCUT2D eigenvalue weighted by Gasteiger charge is -2.46. The zero-order valence-electron chi connectivity index (χ0n) is 10.2. The second-order valence-corrected chi connectivity index (χ2v) is 4.81. The molecule has 1 atom stereocenters. The zero-order chi connectivity index (χ0) is 12.8. The standard InChI is InChI=1S/C10H13N7O2/c11-8-7(13-19-14-8)10-12-9(15-18-10)6-5-16-1-3-17(6)4-2-16/h6H,1-5H2,(H2,11,14). The Labute approximate surface area is 108 Å². The van der Waals surface area contributed by atoms with Crippen LogP contribution >= 0.6 is 0 Å². The lowest BCUT2D eigenvalue weighted by atomic mass is 10.1. The topological polar surface area (TPSA) is 110 Å². The van der Waals surface area contributed by atoms with E-state index >= 15 is 0 Å². The maximum Gasteiger partial charge on any atom is 0.284 e. The number of nitrogen functional groups attached to an aromatic ring is 1. The van der Waals surface area contributed by atoms with Gasteiger partial charge in [-0.3, -0.25) is 9.80 Å². The maximum absolute atomic E-state index is 5.61. The Morgan fingerprint density at radius 3 is 2.58 bits per heavy atom. The van der Waals surface area contributed by atoms with Crippen LogP contribution in [0.25, 0.3) is 11.6 Å². The van der Waals surface area contributed by atoms with Crippen molar-refractivity contribution in [1.29, 1.82) is 0 Å². The minimum absolute atomic E-state index is 0.157. The van der Waals surface area contributed by atoms with Gasteiger partial charge in [0.15, 0.2) is 5.82 Å². The molecule has 5 heterocycles. The number of anilines is 1. The van der Waals surface area contributed by atoms with Gasteiger partial charge in [0.1, 0.15) is 0 Å². The first-order chi connectivity index (χ1) is 9.31. The van der Waals surface area contributed by atoms with Gasteiger partial charge in [-0.05, 0) is 10.3 Å². The number of nitrogens with zero attached hydrogens (tertiary/aromatic N) is 6. The van der Waals surface area contributed by atoms with E-state index in [0.29, 0.717) is 11.5 Å². The van der Waals surface area contributed by atoms with Crippen LogP contribution < -0.4 is 5.73 Å². The predicted octanol–water partition coefficient (Wildman–Crippen LogP) is -0.626. The van der Waals surface area contributed by atoms with Crippen molar-refractivity contribution in [2.75, 3.05) is 38.5 Å². The van der Waals surface area contributed by atoms with Gasteiger partial charge in [-0.2, -0.15) is 4.98 Å². The van der Waals surface area contributed by atoms with Gasteiger partial charge in [0.05, 0.1) is 6.04 Å². The molecule has 2 aromatic rings. The van der Waals surface area contributed by atoms with Crippen LogP contribution in [0.2, 0.25) is 0 Å². The van der Waals surface area contributed by atoms with Gasteiger partial charge in [-0.25, -0.2) is 4.63 Å². The third-order valence-electron chi connectivity index (χ3n) is 3.74. The third-order valence-corrected chi connectivity index (χ3v) is 3.74. The van der Waals surface area contributed by atoms with E-state index in [0.717, 1.165) is 32.7 Å². The van der Waals surface area contributed by atoms with Crippen molar-refractivity contribution in [1.82, 2.24) is 30.3 Å². The molecule has 2 bridgehead atoms. The summed E-state index contributed by atoms with van der Waals surface area (Å²) in [4.78, 5) is 9.15. The Balaban J connectivity index is 1.63. The first kappa shape index (κ1) is 10.9. The Kier molecular flexibility index (Phi) is 2.29. The molecule has 3 aliphatic rings. The van der Waals surface area contributed by atoms with Crippen LogP contribution in [0.3, 0.4) is 0 Å². The highest BCUT2D eigenvalue weighted by molar-refractivity contribution is 5.60.